The Morgan fingerprint density at radius 1 is 1.29 bits per heavy atom. The molecule has 0 spiro atoms. The summed E-state index contributed by atoms with van der Waals surface area (Å²) in [5.74, 6) is 2.08. The smallest absolute Gasteiger partial charge is 0.259 e. The van der Waals surface area contributed by atoms with Gasteiger partial charge in [0.15, 0.2) is 5.60 Å². The fourth-order valence-corrected chi connectivity index (χ4v) is 1.65. The Morgan fingerprint density at radius 2 is 1.82 bits per heavy atom. The van der Waals surface area contributed by atoms with Crippen LogP contribution < -0.4 is 0 Å². The van der Waals surface area contributed by atoms with E-state index < -0.39 is 22.2 Å². The lowest BCUT2D eigenvalue weighted by Gasteiger charge is -2.23. The van der Waals surface area contributed by atoms with E-state index in [1.54, 1.807) is 18.2 Å². The van der Waals surface area contributed by atoms with E-state index in [9.17, 15) is 17.4 Å². The maximum Gasteiger partial charge on any atom is 0.497 e. The van der Waals surface area contributed by atoms with Gasteiger partial charge in [0.1, 0.15) is 0 Å². The van der Waals surface area contributed by atoms with Gasteiger partial charge in [0.05, 0.1) is 0 Å². The molecule has 0 bridgehead atoms. The fraction of sp³-hybridized carbons (Fsp3) is 0.273. The molecule has 1 rings (SSSR count). The standard InChI is InChI=1S/C11H9F3O2S/c1-3-10(2,9-7-5-4-6-8-9)16-17(15)11(12,13)14/h1,4-8H,2H3. The minimum atomic E-state index is -4.95. The molecule has 2 nitrogen and oxygen atoms in total. The number of hydrogen-bond acceptors (Lipinski definition) is 2. The topological polar surface area (TPSA) is 26.3 Å². The van der Waals surface area contributed by atoms with Crippen molar-refractivity contribution in [3.8, 4) is 12.3 Å². The number of alkyl halides is 3. The predicted molar refractivity (Wildman–Crippen MR) is 57.9 cm³/mol. The van der Waals surface area contributed by atoms with Crippen LogP contribution >= 0.6 is 0 Å². The molecule has 0 N–H and O–H groups in total. The highest BCUT2D eigenvalue weighted by Gasteiger charge is 2.43. The number of benzene rings is 1. The average Bonchev–Trinajstić information content (AvgIpc) is 2.28. The molecule has 2 atom stereocenters. The van der Waals surface area contributed by atoms with Gasteiger partial charge in [-0.2, -0.15) is 13.2 Å². The lowest BCUT2D eigenvalue weighted by Crippen LogP contribution is -2.30. The van der Waals surface area contributed by atoms with E-state index in [1.165, 1.54) is 19.1 Å². The Morgan fingerprint density at radius 3 is 2.24 bits per heavy atom. The van der Waals surface area contributed by atoms with Crippen LogP contribution in [0.1, 0.15) is 12.5 Å². The number of rotatable bonds is 3. The van der Waals surface area contributed by atoms with Crippen molar-refractivity contribution >= 4 is 11.1 Å². The van der Waals surface area contributed by atoms with Gasteiger partial charge in [0.2, 0.25) is 0 Å². The maximum atomic E-state index is 12.1. The molecule has 0 fully saturated rings. The molecule has 17 heavy (non-hydrogen) atoms. The molecule has 6 heteroatoms. The van der Waals surface area contributed by atoms with Crippen molar-refractivity contribution in [1.29, 1.82) is 0 Å². The van der Waals surface area contributed by atoms with E-state index in [0.717, 1.165) is 0 Å². The van der Waals surface area contributed by atoms with Crippen molar-refractivity contribution in [2.24, 2.45) is 0 Å². The third kappa shape index (κ3) is 3.32. The molecule has 2 unspecified atom stereocenters. The van der Waals surface area contributed by atoms with Crippen LogP contribution in [0.2, 0.25) is 0 Å². The molecule has 0 amide bonds. The zero-order valence-corrected chi connectivity index (χ0v) is 9.64. The van der Waals surface area contributed by atoms with E-state index in [0.29, 0.717) is 5.56 Å². The van der Waals surface area contributed by atoms with Gasteiger partial charge in [0, 0.05) is 0 Å². The Labute approximate surface area is 99.4 Å². The molecule has 0 aliphatic rings. The van der Waals surface area contributed by atoms with Crippen molar-refractivity contribution in [2.75, 3.05) is 0 Å². The third-order valence-electron chi connectivity index (χ3n) is 2.03. The monoisotopic (exact) mass is 262 g/mol. The summed E-state index contributed by atoms with van der Waals surface area (Å²) in [5.41, 5.74) is -6.30. The van der Waals surface area contributed by atoms with Crippen LogP contribution in [0.25, 0.3) is 0 Å². The van der Waals surface area contributed by atoms with Crippen LogP contribution in [0.3, 0.4) is 0 Å². The molecular formula is C11H9F3O2S. The molecule has 92 valence electrons. The zero-order valence-electron chi connectivity index (χ0n) is 8.82. The number of halogens is 3. The molecule has 0 saturated carbocycles. The summed E-state index contributed by atoms with van der Waals surface area (Å²) in [7, 11) is 0. The van der Waals surface area contributed by atoms with Crippen LogP contribution in [0.4, 0.5) is 13.2 Å². The summed E-state index contributed by atoms with van der Waals surface area (Å²) in [6.45, 7) is 1.26. The molecular weight excluding hydrogens is 253 g/mol. The summed E-state index contributed by atoms with van der Waals surface area (Å²) in [4.78, 5) is 0. The molecule has 0 heterocycles. The number of hydrogen-bond donors (Lipinski definition) is 0. The van der Waals surface area contributed by atoms with Gasteiger partial charge in [0.25, 0.3) is 11.1 Å². The van der Waals surface area contributed by atoms with E-state index in [-0.39, 0.29) is 0 Å². The third-order valence-corrected chi connectivity index (χ3v) is 2.89. The van der Waals surface area contributed by atoms with Gasteiger partial charge in [-0.15, -0.1) is 6.42 Å². The van der Waals surface area contributed by atoms with Gasteiger partial charge < -0.3 is 0 Å². The molecule has 0 saturated heterocycles. The molecule has 0 aliphatic carbocycles. The molecule has 0 aromatic heterocycles. The first-order valence-corrected chi connectivity index (χ1v) is 5.58. The van der Waals surface area contributed by atoms with Crippen LogP contribution in [0, 0.1) is 12.3 Å². The fourth-order valence-electron chi connectivity index (χ4n) is 1.11. The van der Waals surface area contributed by atoms with Gasteiger partial charge in [-0.05, 0) is 12.5 Å². The van der Waals surface area contributed by atoms with Crippen molar-refractivity contribution in [3.05, 3.63) is 35.9 Å². The van der Waals surface area contributed by atoms with Gasteiger partial charge in [-0.25, -0.2) is 4.21 Å². The van der Waals surface area contributed by atoms with E-state index in [2.05, 4.69) is 10.1 Å². The highest BCUT2D eigenvalue weighted by atomic mass is 32.2. The second kappa shape index (κ2) is 4.90. The minimum Gasteiger partial charge on any atom is -0.259 e. The first-order valence-electron chi connectivity index (χ1n) is 4.51. The Balaban J connectivity index is 3.01. The highest BCUT2D eigenvalue weighted by molar-refractivity contribution is 7.81. The SMILES string of the molecule is C#CC(C)(OS(=O)C(F)(F)F)c1ccccc1. The van der Waals surface area contributed by atoms with Crippen molar-refractivity contribution < 1.29 is 21.6 Å². The van der Waals surface area contributed by atoms with E-state index in [4.69, 9.17) is 6.42 Å². The highest BCUT2D eigenvalue weighted by Crippen LogP contribution is 2.31. The largest absolute Gasteiger partial charge is 0.497 e. The van der Waals surface area contributed by atoms with E-state index in [1.807, 2.05) is 0 Å². The molecule has 1 aromatic rings. The van der Waals surface area contributed by atoms with Crippen molar-refractivity contribution in [3.63, 3.8) is 0 Å². The summed E-state index contributed by atoms with van der Waals surface area (Å²) < 4.78 is 51.7. The Hall–Kier alpha value is -1.32. The van der Waals surface area contributed by atoms with Crippen molar-refractivity contribution in [1.82, 2.24) is 0 Å². The van der Waals surface area contributed by atoms with Crippen LogP contribution in [0.15, 0.2) is 30.3 Å². The lowest BCUT2D eigenvalue weighted by atomic mass is 9.97. The number of terminal acetylenes is 1. The van der Waals surface area contributed by atoms with Gasteiger partial charge in [-0.1, -0.05) is 36.3 Å². The maximum absolute atomic E-state index is 12.1. The summed E-state index contributed by atoms with van der Waals surface area (Å²) in [6, 6.07) is 7.90. The minimum absolute atomic E-state index is 0.333. The van der Waals surface area contributed by atoms with Crippen LogP contribution in [-0.4, -0.2) is 9.72 Å². The Bertz CT molecular complexity index is 450. The second-order valence-electron chi connectivity index (χ2n) is 3.31. The summed E-state index contributed by atoms with van der Waals surface area (Å²) in [6.07, 6.45) is 5.15. The lowest BCUT2D eigenvalue weighted by molar-refractivity contribution is -0.0524. The Kier molecular flexibility index (Phi) is 3.96. The zero-order chi connectivity index (χ0) is 13.1. The molecule has 0 aliphatic heterocycles. The summed E-state index contributed by atoms with van der Waals surface area (Å²) in [5, 5.41) is 0. The van der Waals surface area contributed by atoms with Gasteiger partial charge in [-0.3, -0.25) is 4.18 Å². The second-order valence-corrected chi connectivity index (χ2v) is 4.41. The van der Waals surface area contributed by atoms with Gasteiger partial charge >= 0.3 is 5.51 Å². The van der Waals surface area contributed by atoms with Crippen molar-refractivity contribution in [2.45, 2.75) is 18.0 Å². The van der Waals surface area contributed by atoms with Crippen LogP contribution in [0.5, 0.6) is 0 Å². The van der Waals surface area contributed by atoms with Crippen LogP contribution in [-0.2, 0) is 20.9 Å². The first-order chi connectivity index (χ1) is 7.79. The molecule has 0 radical (unpaired) electrons. The summed E-state index contributed by atoms with van der Waals surface area (Å²) >= 11 is -3.45. The normalized spacial score (nSPS) is 16.9. The molecule has 1 aromatic carbocycles. The predicted octanol–water partition coefficient (Wildman–Crippen LogP) is 2.74. The average molecular weight is 262 g/mol. The van der Waals surface area contributed by atoms with E-state index >= 15 is 0 Å². The quantitative estimate of drug-likeness (QED) is 0.783. The first kappa shape index (κ1) is 13.7.